The molecule has 0 radical (unpaired) electrons. The smallest absolute Gasteiger partial charge is 0.0651 e. The van der Waals surface area contributed by atoms with Gasteiger partial charge < -0.3 is 4.74 Å². The van der Waals surface area contributed by atoms with Gasteiger partial charge in [0.2, 0.25) is 0 Å². The second kappa shape index (κ2) is 16.5. The maximum atomic E-state index is 5.94. The molecule has 4 fully saturated rings. The first-order valence-electron chi connectivity index (χ1n) is 17.2. The Morgan fingerprint density at radius 3 is 1.35 bits per heavy atom. The van der Waals surface area contributed by atoms with Gasteiger partial charge in [0.1, 0.15) is 0 Å². The zero-order valence-electron chi connectivity index (χ0n) is 24.9. The van der Waals surface area contributed by atoms with E-state index >= 15 is 0 Å². The SMILES string of the molecule is CCCC1CCCC(C2CCC(/C=C/COC/C=C/C3CCC(C4CCCC(CCC)C4)CC3)CC2)C1. The van der Waals surface area contributed by atoms with Gasteiger partial charge in [-0.15, -0.1) is 0 Å². The molecule has 4 unspecified atom stereocenters. The Morgan fingerprint density at radius 1 is 0.514 bits per heavy atom. The van der Waals surface area contributed by atoms with Crippen molar-refractivity contribution in [2.24, 2.45) is 47.3 Å². The number of hydrogen-bond donors (Lipinski definition) is 0. The Kier molecular flexibility index (Phi) is 13.1. The zero-order chi connectivity index (χ0) is 25.7. The normalized spacial score (nSPS) is 37.9. The van der Waals surface area contributed by atoms with Gasteiger partial charge in [0.15, 0.2) is 0 Å². The first kappa shape index (κ1) is 29.4. The summed E-state index contributed by atoms with van der Waals surface area (Å²) in [6.07, 6.45) is 39.1. The second-order valence-corrected chi connectivity index (χ2v) is 13.9. The van der Waals surface area contributed by atoms with Crippen molar-refractivity contribution in [2.45, 2.75) is 142 Å². The van der Waals surface area contributed by atoms with Crippen LogP contribution in [0.2, 0.25) is 0 Å². The Labute approximate surface area is 231 Å². The van der Waals surface area contributed by atoms with Crippen molar-refractivity contribution in [1.29, 1.82) is 0 Å². The van der Waals surface area contributed by atoms with Crippen LogP contribution in [0.3, 0.4) is 0 Å². The molecule has 4 aliphatic carbocycles. The molecule has 4 rings (SSSR count). The molecule has 212 valence electrons. The summed E-state index contributed by atoms with van der Waals surface area (Å²) >= 11 is 0. The molecule has 0 aromatic heterocycles. The van der Waals surface area contributed by atoms with E-state index in [1.807, 2.05) is 0 Å². The van der Waals surface area contributed by atoms with Crippen molar-refractivity contribution in [1.82, 2.24) is 0 Å². The van der Waals surface area contributed by atoms with E-state index in [1.54, 1.807) is 12.8 Å². The molecular formula is C36H62O. The Balaban J connectivity index is 1.03. The fraction of sp³-hybridized carbons (Fsp3) is 0.889. The van der Waals surface area contributed by atoms with Crippen LogP contribution in [0.1, 0.15) is 142 Å². The van der Waals surface area contributed by atoms with E-state index in [2.05, 4.69) is 38.2 Å². The molecule has 0 bridgehead atoms. The van der Waals surface area contributed by atoms with Gasteiger partial charge in [0, 0.05) is 0 Å². The van der Waals surface area contributed by atoms with Gasteiger partial charge in [-0.05, 0) is 112 Å². The van der Waals surface area contributed by atoms with Gasteiger partial charge in [-0.3, -0.25) is 0 Å². The van der Waals surface area contributed by atoms with Crippen LogP contribution in [0.5, 0.6) is 0 Å². The van der Waals surface area contributed by atoms with Crippen molar-refractivity contribution in [3.8, 4) is 0 Å². The summed E-state index contributed by atoms with van der Waals surface area (Å²) in [5, 5.41) is 0. The molecule has 37 heavy (non-hydrogen) atoms. The second-order valence-electron chi connectivity index (χ2n) is 13.9. The van der Waals surface area contributed by atoms with E-state index in [1.165, 1.54) is 116 Å². The summed E-state index contributed by atoms with van der Waals surface area (Å²) in [5.41, 5.74) is 0. The molecule has 1 nitrogen and oxygen atoms in total. The molecule has 0 N–H and O–H groups in total. The first-order valence-corrected chi connectivity index (χ1v) is 17.2. The predicted molar refractivity (Wildman–Crippen MR) is 161 cm³/mol. The highest BCUT2D eigenvalue weighted by Crippen LogP contribution is 2.44. The summed E-state index contributed by atoms with van der Waals surface area (Å²) in [5.74, 6) is 7.86. The van der Waals surface area contributed by atoms with Gasteiger partial charge in [-0.1, -0.05) is 102 Å². The van der Waals surface area contributed by atoms with Crippen molar-refractivity contribution >= 4 is 0 Å². The molecule has 0 heterocycles. The third-order valence-corrected chi connectivity index (χ3v) is 11.3. The maximum absolute atomic E-state index is 5.94. The average molecular weight is 511 g/mol. The van der Waals surface area contributed by atoms with Gasteiger partial charge >= 0.3 is 0 Å². The van der Waals surface area contributed by atoms with E-state index in [-0.39, 0.29) is 0 Å². The summed E-state index contributed by atoms with van der Waals surface area (Å²) in [7, 11) is 0. The molecule has 0 aromatic rings. The van der Waals surface area contributed by atoms with E-state index in [9.17, 15) is 0 Å². The fourth-order valence-electron chi connectivity index (χ4n) is 9.18. The number of ether oxygens (including phenoxy) is 1. The van der Waals surface area contributed by atoms with Crippen molar-refractivity contribution in [2.75, 3.05) is 13.2 Å². The highest BCUT2D eigenvalue weighted by atomic mass is 16.5. The lowest BCUT2D eigenvalue weighted by Gasteiger charge is -2.38. The Bertz CT molecular complexity index is 588. The lowest BCUT2D eigenvalue weighted by molar-refractivity contribution is 0.143. The van der Waals surface area contributed by atoms with Crippen LogP contribution in [-0.4, -0.2) is 13.2 Å². The molecule has 0 aliphatic heterocycles. The van der Waals surface area contributed by atoms with Crippen LogP contribution in [0, 0.1) is 47.3 Å². The molecular weight excluding hydrogens is 448 g/mol. The van der Waals surface area contributed by atoms with Crippen LogP contribution < -0.4 is 0 Å². The van der Waals surface area contributed by atoms with Crippen LogP contribution in [-0.2, 0) is 4.74 Å². The highest BCUT2D eigenvalue weighted by Gasteiger charge is 2.32. The van der Waals surface area contributed by atoms with Crippen molar-refractivity contribution in [3.05, 3.63) is 24.3 Å². The van der Waals surface area contributed by atoms with Gasteiger partial charge in [-0.25, -0.2) is 0 Å². The molecule has 0 spiro atoms. The number of hydrogen-bond acceptors (Lipinski definition) is 1. The summed E-state index contributed by atoms with van der Waals surface area (Å²) < 4.78 is 5.94. The van der Waals surface area contributed by atoms with E-state index in [4.69, 9.17) is 4.74 Å². The minimum Gasteiger partial charge on any atom is -0.373 e. The zero-order valence-corrected chi connectivity index (χ0v) is 24.9. The average Bonchev–Trinajstić information content (AvgIpc) is 2.94. The summed E-state index contributed by atoms with van der Waals surface area (Å²) in [6.45, 7) is 6.32. The lowest BCUT2D eigenvalue weighted by Crippen LogP contribution is -2.26. The summed E-state index contributed by atoms with van der Waals surface area (Å²) in [6, 6.07) is 0. The van der Waals surface area contributed by atoms with Crippen molar-refractivity contribution in [3.63, 3.8) is 0 Å². The first-order chi connectivity index (χ1) is 18.2. The van der Waals surface area contributed by atoms with Gasteiger partial charge in [0.05, 0.1) is 13.2 Å². The van der Waals surface area contributed by atoms with Crippen LogP contribution in [0.25, 0.3) is 0 Å². The minimum atomic E-state index is 0.791. The van der Waals surface area contributed by atoms with Gasteiger partial charge in [0.25, 0.3) is 0 Å². The van der Waals surface area contributed by atoms with E-state index in [0.29, 0.717) is 0 Å². The third kappa shape index (κ3) is 9.85. The Morgan fingerprint density at radius 2 is 0.946 bits per heavy atom. The molecule has 4 saturated carbocycles. The molecule has 4 aliphatic rings. The molecule has 0 aromatic carbocycles. The highest BCUT2D eigenvalue weighted by molar-refractivity contribution is 4.95. The van der Waals surface area contributed by atoms with Crippen LogP contribution in [0.15, 0.2) is 24.3 Å². The lowest BCUT2D eigenvalue weighted by atomic mass is 9.68. The van der Waals surface area contributed by atoms with Crippen molar-refractivity contribution < 1.29 is 4.74 Å². The fourth-order valence-corrected chi connectivity index (χ4v) is 9.18. The number of allylic oxidation sites excluding steroid dienone is 2. The largest absolute Gasteiger partial charge is 0.373 e. The van der Waals surface area contributed by atoms with Crippen LogP contribution in [0.4, 0.5) is 0 Å². The van der Waals surface area contributed by atoms with Gasteiger partial charge in [-0.2, -0.15) is 0 Å². The monoisotopic (exact) mass is 510 g/mol. The predicted octanol–water partition coefficient (Wildman–Crippen LogP) is 10.9. The molecule has 4 atom stereocenters. The standard InChI is InChI=1S/C36H62O/c1-3-9-31-11-5-15-35(27-31)33-21-17-29(18-22-33)13-7-25-37-26-8-14-30-19-23-34(24-20-30)36-16-6-12-32(28-36)10-4-2/h7-8,13-14,29-36H,3-6,9-12,15-28H2,1-2H3/b13-7+,14-8+. The molecule has 0 amide bonds. The number of rotatable bonds is 12. The third-order valence-electron chi connectivity index (χ3n) is 11.3. The van der Waals surface area contributed by atoms with E-state index in [0.717, 1.165) is 60.6 Å². The topological polar surface area (TPSA) is 9.23 Å². The maximum Gasteiger partial charge on any atom is 0.0651 e. The van der Waals surface area contributed by atoms with Crippen LogP contribution >= 0.6 is 0 Å². The molecule has 1 heteroatoms. The molecule has 0 saturated heterocycles. The quantitative estimate of drug-likeness (QED) is 0.187. The Hall–Kier alpha value is -0.560. The minimum absolute atomic E-state index is 0.791. The summed E-state index contributed by atoms with van der Waals surface area (Å²) in [4.78, 5) is 0. The van der Waals surface area contributed by atoms with E-state index < -0.39 is 0 Å².